The van der Waals surface area contributed by atoms with E-state index in [1.807, 2.05) is 13.8 Å². The second-order valence-electron chi connectivity index (χ2n) is 5.41. The summed E-state index contributed by atoms with van der Waals surface area (Å²) in [4.78, 5) is 12.4. The summed E-state index contributed by atoms with van der Waals surface area (Å²) in [6.45, 7) is 4.62. The van der Waals surface area contributed by atoms with Gasteiger partial charge in [0, 0.05) is 6.54 Å². The van der Waals surface area contributed by atoms with Crippen LogP contribution in [-0.2, 0) is 4.79 Å². The number of hydrogen-bond acceptors (Lipinski definition) is 7. The predicted molar refractivity (Wildman–Crippen MR) is 89.0 cm³/mol. The Hall–Kier alpha value is -1.33. The summed E-state index contributed by atoms with van der Waals surface area (Å²) < 4.78 is 0.758. The van der Waals surface area contributed by atoms with Gasteiger partial charge in [0.05, 0.1) is 11.3 Å². The average molecular weight is 339 g/mol. The largest absolute Gasteiger partial charge is 0.360 e. The van der Waals surface area contributed by atoms with Crippen LogP contribution in [0.3, 0.4) is 0 Å². The summed E-state index contributed by atoms with van der Waals surface area (Å²) >= 11 is 2.82. The number of aromatic nitrogens is 2. The molecule has 1 aliphatic carbocycles. The summed E-state index contributed by atoms with van der Waals surface area (Å²) in [5.41, 5.74) is -0.680. The van der Waals surface area contributed by atoms with Crippen LogP contribution in [0.1, 0.15) is 46.0 Å². The van der Waals surface area contributed by atoms with E-state index in [2.05, 4.69) is 26.9 Å². The van der Waals surface area contributed by atoms with Crippen molar-refractivity contribution in [2.45, 2.75) is 61.1 Å². The lowest BCUT2D eigenvalue weighted by atomic mass is 9.83. The first kappa shape index (κ1) is 17.0. The summed E-state index contributed by atoms with van der Waals surface area (Å²) in [5.74, 6) is -0.103. The third kappa shape index (κ3) is 4.34. The van der Waals surface area contributed by atoms with Gasteiger partial charge < -0.3 is 10.6 Å². The van der Waals surface area contributed by atoms with Crippen molar-refractivity contribution < 1.29 is 4.79 Å². The maximum absolute atomic E-state index is 12.4. The van der Waals surface area contributed by atoms with Gasteiger partial charge in [-0.25, -0.2) is 0 Å². The molecule has 0 bridgehead atoms. The Morgan fingerprint density at radius 3 is 2.82 bits per heavy atom. The predicted octanol–water partition coefficient (Wildman–Crippen LogP) is 2.79. The van der Waals surface area contributed by atoms with Gasteiger partial charge in [-0.2, -0.15) is 5.26 Å². The second-order valence-corrected chi connectivity index (χ2v) is 7.97. The smallest absolute Gasteiger partial charge is 0.234 e. The van der Waals surface area contributed by atoms with Crippen LogP contribution in [0.15, 0.2) is 4.34 Å². The minimum Gasteiger partial charge on any atom is -0.360 e. The highest BCUT2D eigenvalue weighted by Crippen LogP contribution is 2.31. The molecule has 6 nitrogen and oxygen atoms in total. The molecule has 1 amide bonds. The molecule has 1 aliphatic rings. The Kier molecular flexibility index (Phi) is 6.03. The van der Waals surface area contributed by atoms with Crippen molar-refractivity contribution in [3.8, 4) is 6.07 Å². The van der Waals surface area contributed by atoms with E-state index in [0.717, 1.165) is 48.1 Å². The highest BCUT2D eigenvalue weighted by atomic mass is 32.2. The van der Waals surface area contributed by atoms with Crippen LogP contribution >= 0.6 is 23.1 Å². The van der Waals surface area contributed by atoms with E-state index in [1.165, 1.54) is 23.1 Å². The molecule has 8 heteroatoms. The topological polar surface area (TPSA) is 90.7 Å². The molecular weight excluding hydrogens is 318 g/mol. The fourth-order valence-electron chi connectivity index (χ4n) is 2.44. The number of rotatable bonds is 6. The number of thioether (sulfide) groups is 1. The number of carbonyl (C=O) groups is 1. The molecule has 2 N–H and O–H groups in total. The van der Waals surface area contributed by atoms with Gasteiger partial charge in [0.1, 0.15) is 5.54 Å². The number of carbonyl (C=O) groups excluding carboxylic acids is 1. The molecule has 120 valence electrons. The number of nitriles is 1. The van der Waals surface area contributed by atoms with Gasteiger partial charge in [-0.3, -0.25) is 4.79 Å². The standard InChI is InChI=1S/C14H21N5OS2/c1-3-16-12-18-19-13(22-12)21-10(2)11(20)17-14(9-15)7-5-4-6-8-14/h10H,3-8H2,1-2H3,(H,16,18)(H,17,20)/t10-/m1/s1. The summed E-state index contributed by atoms with van der Waals surface area (Å²) in [7, 11) is 0. The number of amides is 1. The number of anilines is 1. The van der Waals surface area contributed by atoms with E-state index in [0.29, 0.717) is 0 Å². The van der Waals surface area contributed by atoms with Gasteiger partial charge >= 0.3 is 0 Å². The Morgan fingerprint density at radius 1 is 1.45 bits per heavy atom. The maximum atomic E-state index is 12.4. The van der Waals surface area contributed by atoms with Crippen molar-refractivity contribution in [1.82, 2.24) is 15.5 Å². The van der Waals surface area contributed by atoms with Crippen LogP contribution < -0.4 is 10.6 Å². The van der Waals surface area contributed by atoms with Gasteiger partial charge in [0.2, 0.25) is 11.0 Å². The third-order valence-corrected chi connectivity index (χ3v) is 5.73. The van der Waals surface area contributed by atoms with Crippen LogP contribution in [0, 0.1) is 11.3 Å². The normalized spacial score (nSPS) is 18.2. The first-order valence-corrected chi connectivity index (χ1v) is 9.25. The van der Waals surface area contributed by atoms with Crippen LogP contribution in [0.25, 0.3) is 0 Å². The zero-order valence-electron chi connectivity index (χ0n) is 12.9. The molecule has 0 unspecified atom stereocenters. The highest BCUT2D eigenvalue weighted by Gasteiger charge is 2.35. The molecule has 1 atom stereocenters. The van der Waals surface area contributed by atoms with E-state index in [1.54, 1.807) is 0 Å². The minimum absolute atomic E-state index is 0.103. The Labute approximate surface area is 139 Å². The van der Waals surface area contributed by atoms with Crippen molar-refractivity contribution in [1.29, 1.82) is 5.26 Å². The molecule has 0 spiro atoms. The lowest BCUT2D eigenvalue weighted by Gasteiger charge is -2.32. The van der Waals surface area contributed by atoms with Gasteiger partial charge in [0.15, 0.2) is 4.34 Å². The molecule has 1 fully saturated rings. The fourth-order valence-corrected chi connectivity index (χ4v) is 4.41. The van der Waals surface area contributed by atoms with Gasteiger partial charge in [-0.05, 0) is 26.7 Å². The van der Waals surface area contributed by atoms with Gasteiger partial charge in [-0.1, -0.05) is 42.4 Å². The molecule has 1 aromatic rings. The first-order chi connectivity index (χ1) is 10.6. The van der Waals surface area contributed by atoms with Crippen molar-refractivity contribution in [2.75, 3.05) is 11.9 Å². The first-order valence-electron chi connectivity index (χ1n) is 7.56. The molecule has 1 saturated carbocycles. The van der Waals surface area contributed by atoms with Crippen molar-refractivity contribution >= 4 is 34.1 Å². The number of nitrogens with one attached hydrogen (secondary N) is 2. The van der Waals surface area contributed by atoms with Crippen molar-refractivity contribution in [3.63, 3.8) is 0 Å². The van der Waals surface area contributed by atoms with E-state index in [-0.39, 0.29) is 11.2 Å². The van der Waals surface area contributed by atoms with Crippen molar-refractivity contribution in [2.24, 2.45) is 0 Å². The molecule has 0 aliphatic heterocycles. The zero-order chi connectivity index (χ0) is 16.0. The SMILES string of the molecule is CCNc1nnc(S[C@H](C)C(=O)NC2(C#N)CCCCC2)s1. The van der Waals surface area contributed by atoms with Crippen LogP contribution in [0.5, 0.6) is 0 Å². The molecular formula is C14H21N5OS2. The lowest BCUT2D eigenvalue weighted by molar-refractivity contribution is -0.121. The van der Waals surface area contributed by atoms with Gasteiger partial charge in [-0.15, -0.1) is 10.2 Å². The Bertz CT molecular complexity index is 548. The van der Waals surface area contributed by atoms with Crippen LogP contribution in [-0.4, -0.2) is 33.4 Å². The Balaban J connectivity index is 1.92. The lowest BCUT2D eigenvalue weighted by Crippen LogP contribution is -2.50. The minimum atomic E-state index is -0.680. The molecule has 22 heavy (non-hydrogen) atoms. The van der Waals surface area contributed by atoms with Crippen molar-refractivity contribution in [3.05, 3.63) is 0 Å². The molecule has 1 aromatic heterocycles. The quantitative estimate of drug-likeness (QED) is 0.775. The van der Waals surface area contributed by atoms with Gasteiger partial charge in [0.25, 0.3) is 0 Å². The molecule has 0 radical (unpaired) electrons. The second kappa shape index (κ2) is 7.79. The van der Waals surface area contributed by atoms with E-state index in [9.17, 15) is 10.1 Å². The maximum Gasteiger partial charge on any atom is 0.234 e. The Morgan fingerprint density at radius 2 is 2.18 bits per heavy atom. The number of nitrogens with zero attached hydrogens (tertiary/aromatic N) is 3. The highest BCUT2D eigenvalue weighted by molar-refractivity contribution is 8.02. The summed E-state index contributed by atoms with van der Waals surface area (Å²) in [5, 5.41) is 24.0. The third-order valence-electron chi connectivity index (χ3n) is 3.66. The van der Waals surface area contributed by atoms with E-state index < -0.39 is 5.54 Å². The zero-order valence-corrected chi connectivity index (χ0v) is 14.5. The molecule has 2 rings (SSSR count). The molecule has 0 saturated heterocycles. The van der Waals surface area contributed by atoms with E-state index in [4.69, 9.17) is 0 Å². The molecule has 1 heterocycles. The average Bonchev–Trinajstić information content (AvgIpc) is 2.95. The summed E-state index contributed by atoms with van der Waals surface area (Å²) in [6.07, 6.45) is 4.63. The summed E-state index contributed by atoms with van der Waals surface area (Å²) in [6, 6.07) is 2.31. The number of hydrogen-bond donors (Lipinski definition) is 2. The van der Waals surface area contributed by atoms with Crippen LogP contribution in [0.4, 0.5) is 5.13 Å². The van der Waals surface area contributed by atoms with Crippen LogP contribution in [0.2, 0.25) is 0 Å². The monoisotopic (exact) mass is 339 g/mol. The fraction of sp³-hybridized carbons (Fsp3) is 0.714. The van der Waals surface area contributed by atoms with E-state index >= 15 is 0 Å². The molecule has 0 aromatic carbocycles.